The van der Waals surface area contributed by atoms with Crippen molar-refractivity contribution in [3.05, 3.63) is 0 Å². The zero-order valence-corrected chi connectivity index (χ0v) is 17.7. The average molecular weight is 410 g/mol. The van der Waals surface area contributed by atoms with Crippen LogP contribution in [0.15, 0.2) is 5.10 Å². The van der Waals surface area contributed by atoms with Crippen molar-refractivity contribution in [2.45, 2.75) is 71.1 Å². The molecule has 10 heteroatoms. The van der Waals surface area contributed by atoms with Gasteiger partial charge in [0.05, 0.1) is 5.71 Å². The predicted octanol–water partition coefficient (Wildman–Crippen LogP) is 1.72. The number of carboxylic acids is 1. The number of hydrogen-bond acceptors (Lipinski definition) is 6. The Hall–Kier alpha value is -2.65. The minimum absolute atomic E-state index is 0.126. The molecule has 2 rings (SSSR count). The van der Waals surface area contributed by atoms with Gasteiger partial charge in [0.25, 0.3) is 0 Å². The van der Waals surface area contributed by atoms with Gasteiger partial charge in [-0.25, -0.2) is 14.4 Å². The van der Waals surface area contributed by atoms with Gasteiger partial charge >= 0.3 is 18.1 Å². The molecule has 0 aromatic carbocycles. The summed E-state index contributed by atoms with van der Waals surface area (Å²) in [4.78, 5) is 48.9. The number of aldehydes is 1. The van der Waals surface area contributed by atoms with Crippen LogP contribution in [0.4, 0.5) is 9.59 Å². The van der Waals surface area contributed by atoms with Gasteiger partial charge in [0.15, 0.2) is 0 Å². The van der Waals surface area contributed by atoms with Gasteiger partial charge in [0.2, 0.25) is 5.54 Å². The maximum Gasteiger partial charge on any atom is 0.408 e. The first kappa shape index (κ1) is 22.6. The number of nitrogens with two attached hydrogens (primary N) is 1. The summed E-state index contributed by atoms with van der Waals surface area (Å²) in [5, 5.41) is 17.5. The lowest BCUT2D eigenvalue weighted by Crippen LogP contribution is -2.76. The van der Waals surface area contributed by atoms with Crippen LogP contribution in [0.25, 0.3) is 0 Å². The largest absolute Gasteiger partial charge is 0.479 e. The van der Waals surface area contributed by atoms with Crippen molar-refractivity contribution in [1.82, 2.24) is 10.3 Å². The van der Waals surface area contributed by atoms with E-state index in [0.717, 1.165) is 5.01 Å². The van der Waals surface area contributed by atoms with E-state index in [1.807, 2.05) is 6.92 Å². The number of carbonyl (C=O) groups excluding carboxylic acids is 3. The highest BCUT2D eigenvalue weighted by Crippen LogP contribution is 2.49. The lowest BCUT2D eigenvalue weighted by molar-refractivity contribution is -0.149. The lowest BCUT2D eigenvalue weighted by Gasteiger charge is -2.56. The van der Waals surface area contributed by atoms with Crippen LogP contribution >= 0.6 is 0 Å². The summed E-state index contributed by atoms with van der Waals surface area (Å²) in [6, 6.07) is -0.981. The van der Waals surface area contributed by atoms with Crippen molar-refractivity contribution >= 4 is 30.1 Å². The van der Waals surface area contributed by atoms with Crippen LogP contribution in [0.1, 0.15) is 54.4 Å². The third-order valence-electron chi connectivity index (χ3n) is 5.76. The molecule has 1 fully saturated rings. The Morgan fingerprint density at radius 1 is 1.38 bits per heavy atom. The minimum Gasteiger partial charge on any atom is -0.479 e. The molecule has 0 spiro atoms. The van der Waals surface area contributed by atoms with E-state index in [1.54, 1.807) is 34.6 Å². The summed E-state index contributed by atoms with van der Waals surface area (Å²) in [5.41, 5.74) is 1.53. The fourth-order valence-corrected chi connectivity index (χ4v) is 4.31. The molecule has 3 amide bonds. The number of hydrazone groups is 1. The van der Waals surface area contributed by atoms with Crippen LogP contribution in [0.5, 0.6) is 0 Å². The van der Waals surface area contributed by atoms with Gasteiger partial charge in [-0.1, -0.05) is 20.8 Å². The standard InChI is InChI=1S/C19H30N4O6/c1-10(2)18(9-24,21-16(28)29-17(4,5)6)12-11(3)7-8-19(14(25)26)13(12)22-23(19)15(20)27/h9-12H,7-8H2,1-6H3,(H2,20,27)(H,21,28)(H,25,26)/t11?,12-,18-,19+/m1/s1. The van der Waals surface area contributed by atoms with Gasteiger partial charge in [-0.2, -0.15) is 10.1 Å². The molecule has 0 radical (unpaired) electrons. The molecular weight excluding hydrogens is 380 g/mol. The van der Waals surface area contributed by atoms with Crippen LogP contribution in [0.3, 0.4) is 0 Å². The summed E-state index contributed by atoms with van der Waals surface area (Å²) in [7, 11) is 0. The molecule has 1 unspecified atom stereocenters. The molecule has 1 heterocycles. The van der Waals surface area contributed by atoms with E-state index in [-0.39, 0.29) is 18.1 Å². The third-order valence-corrected chi connectivity index (χ3v) is 5.76. The van der Waals surface area contributed by atoms with E-state index >= 15 is 0 Å². The Balaban J connectivity index is 2.56. The van der Waals surface area contributed by atoms with Crippen molar-refractivity contribution in [3.63, 3.8) is 0 Å². The highest BCUT2D eigenvalue weighted by atomic mass is 16.6. The highest BCUT2D eigenvalue weighted by molar-refractivity contribution is 6.19. The number of rotatable bonds is 5. The van der Waals surface area contributed by atoms with E-state index < -0.39 is 46.6 Å². The van der Waals surface area contributed by atoms with Crippen LogP contribution in [-0.4, -0.2) is 56.9 Å². The first-order chi connectivity index (χ1) is 13.2. The van der Waals surface area contributed by atoms with E-state index in [9.17, 15) is 24.3 Å². The van der Waals surface area contributed by atoms with Crippen LogP contribution in [0, 0.1) is 17.8 Å². The third kappa shape index (κ3) is 3.56. The molecule has 10 nitrogen and oxygen atoms in total. The molecule has 4 N–H and O–H groups in total. The van der Waals surface area contributed by atoms with Gasteiger partial charge in [-0.15, -0.1) is 0 Å². The quantitative estimate of drug-likeness (QED) is 0.587. The molecule has 1 aliphatic carbocycles. The highest BCUT2D eigenvalue weighted by Gasteiger charge is 2.67. The molecule has 0 aromatic rings. The van der Waals surface area contributed by atoms with Gasteiger partial charge in [0, 0.05) is 5.92 Å². The number of primary amides is 1. The number of fused-ring (bicyclic) bond motifs is 1. The first-order valence-electron chi connectivity index (χ1n) is 9.62. The SMILES string of the molecule is CC1CC[C@@]2(C(=O)O)C(=NN2C(N)=O)[C@@H]1[C@](C=O)(NC(=O)OC(C)(C)C)C(C)C. The van der Waals surface area contributed by atoms with Crippen molar-refractivity contribution < 1.29 is 29.0 Å². The van der Waals surface area contributed by atoms with E-state index in [0.29, 0.717) is 12.7 Å². The zero-order valence-electron chi connectivity index (χ0n) is 17.7. The minimum atomic E-state index is -1.71. The second kappa shape index (κ2) is 7.31. The summed E-state index contributed by atoms with van der Waals surface area (Å²) in [6.07, 6.45) is 0.360. The monoisotopic (exact) mass is 410 g/mol. The smallest absolute Gasteiger partial charge is 0.408 e. The van der Waals surface area contributed by atoms with Gasteiger partial charge < -0.3 is 25.7 Å². The Labute approximate surface area is 169 Å². The maximum atomic E-state index is 12.5. The lowest BCUT2D eigenvalue weighted by atomic mass is 9.58. The topological polar surface area (TPSA) is 151 Å². The molecule has 162 valence electrons. The van der Waals surface area contributed by atoms with Gasteiger partial charge in [0.1, 0.15) is 17.4 Å². The summed E-state index contributed by atoms with van der Waals surface area (Å²) >= 11 is 0. The second-order valence-corrected chi connectivity index (χ2v) is 9.13. The van der Waals surface area contributed by atoms with Crippen molar-refractivity contribution in [2.75, 3.05) is 0 Å². The van der Waals surface area contributed by atoms with Crippen molar-refractivity contribution in [2.24, 2.45) is 28.6 Å². The fraction of sp³-hybridized carbons (Fsp3) is 0.737. The normalized spacial score (nSPS) is 28.4. The van der Waals surface area contributed by atoms with Crippen molar-refractivity contribution in [3.8, 4) is 0 Å². The number of ether oxygens (including phenoxy) is 1. The first-order valence-corrected chi connectivity index (χ1v) is 9.62. The Kier molecular flexibility index (Phi) is 5.70. The van der Waals surface area contributed by atoms with Gasteiger partial charge in [-0.3, -0.25) is 0 Å². The number of carboxylic acid groups (broad SMARTS) is 1. The molecule has 4 atom stereocenters. The zero-order chi connectivity index (χ0) is 22.4. The number of alkyl carbamates (subject to hydrolysis) is 1. The second-order valence-electron chi connectivity index (χ2n) is 9.13. The number of hydrogen-bond donors (Lipinski definition) is 3. The molecule has 1 aliphatic heterocycles. The molecule has 29 heavy (non-hydrogen) atoms. The number of nitrogens with zero attached hydrogens (tertiary/aromatic N) is 2. The average Bonchev–Trinajstić information content (AvgIpc) is 2.52. The number of nitrogens with one attached hydrogen (secondary N) is 1. The molecule has 0 bridgehead atoms. The molecule has 1 saturated carbocycles. The van der Waals surface area contributed by atoms with E-state index in [2.05, 4.69) is 10.4 Å². The Bertz CT molecular complexity index is 758. The predicted molar refractivity (Wildman–Crippen MR) is 104 cm³/mol. The Morgan fingerprint density at radius 3 is 2.38 bits per heavy atom. The molecule has 2 aliphatic rings. The number of urea groups is 1. The number of amides is 3. The van der Waals surface area contributed by atoms with E-state index in [4.69, 9.17) is 10.5 Å². The summed E-state index contributed by atoms with van der Waals surface area (Å²) < 4.78 is 5.33. The Morgan fingerprint density at radius 2 is 1.97 bits per heavy atom. The molecule has 0 saturated heterocycles. The summed E-state index contributed by atoms with van der Waals surface area (Å²) in [6.45, 7) is 10.5. The summed E-state index contributed by atoms with van der Waals surface area (Å²) in [5.74, 6) is -2.60. The fourth-order valence-electron chi connectivity index (χ4n) is 4.31. The van der Waals surface area contributed by atoms with Crippen LogP contribution in [-0.2, 0) is 14.3 Å². The van der Waals surface area contributed by atoms with Crippen LogP contribution in [0.2, 0.25) is 0 Å². The van der Waals surface area contributed by atoms with Crippen molar-refractivity contribution in [1.29, 1.82) is 0 Å². The maximum absolute atomic E-state index is 12.5. The number of aliphatic carboxylic acids is 1. The molecular formula is C19H30N4O6. The van der Waals surface area contributed by atoms with Crippen LogP contribution < -0.4 is 11.1 Å². The van der Waals surface area contributed by atoms with Gasteiger partial charge in [-0.05, 0) is 45.4 Å². The molecule has 0 aromatic heterocycles. The van der Waals surface area contributed by atoms with E-state index in [1.165, 1.54) is 0 Å². The number of carbonyl (C=O) groups is 4.